The van der Waals surface area contributed by atoms with Crippen molar-refractivity contribution in [2.75, 3.05) is 0 Å². The van der Waals surface area contributed by atoms with Gasteiger partial charge in [-0.2, -0.15) is 0 Å². The van der Waals surface area contributed by atoms with Crippen molar-refractivity contribution < 1.29 is 4.79 Å². The van der Waals surface area contributed by atoms with E-state index >= 15 is 0 Å². The summed E-state index contributed by atoms with van der Waals surface area (Å²) in [5.74, 6) is -0.426. The third-order valence-electron chi connectivity index (χ3n) is 1.82. The first-order chi connectivity index (χ1) is 6.77. The van der Waals surface area contributed by atoms with E-state index in [1.54, 1.807) is 30.1 Å². The molecule has 1 aromatic rings. The number of hydrogen-bond acceptors (Lipinski definition) is 3. The third-order valence-corrected chi connectivity index (χ3v) is 2.71. The van der Waals surface area contributed by atoms with E-state index < -0.39 is 5.91 Å². The minimum absolute atomic E-state index is 0.426. The van der Waals surface area contributed by atoms with Gasteiger partial charge in [-0.05, 0) is 29.7 Å². The molecule has 0 saturated heterocycles. The summed E-state index contributed by atoms with van der Waals surface area (Å²) in [6, 6.07) is 5.27. The van der Waals surface area contributed by atoms with E-state index in [0.717, 1.165) is 10.6 Å². The predicted molar refractivity (Wildman–Crippen MR) is 58.1 cm³/mol. The molecule has 0 aliphatic carbocycles. The van der Waals surface area contributed by atoms with Crippen LogP contribution in [0.4, 0.5) is 5.69 Å². The van der Waals surface area contributed by atoms with Crippen LogP contribution in [-0.4, -0.2) is 12.1 Å². The Morgan fingerprint density at radius 3 is 3.07 bits per heavy atom. The minimum atomic E-state index is -0.426. The van der Waals surface area contributed by atoms with Crippen molar-refractivity contribution in [2.24, 2.45) is 10.7 Å². The van der Waals surface area contributed by atoms with Crippen molar-refractivity contribution in [3.63, 3.8) is 0 Å². The van der Waals surface area contributed by atoms with Gasteiger partial charge in [-0.15, -0.1) is 0 Å². The van der Waals surface area contributed by atoms with Crippen LogP contribution in [0.2, 0.25) is 0 Å². The van der Waals surface area contributed by atoms with Crippen LogP contribution in [0, 0.1) is 0 Å². The lowest BCUT2D eigenvalue weighted by Crippen LogP contribution is -2.10. The largest absolute Gasteiger partial charge is 0.366 e. The Hall–Kier alpha value is -1.55. The van der Waals surface area contributed by atoms with E-state index in [1.807, 2.05) is 17.6 Å². The highest BCUT2D eigenvalue weighted by Gasteiger charge is 2.06. The molecule has 0 bridgehead atoms. The highest BCUT2D eigenvalue weighted by molar-refractivity contribution is 8.02. The number of benzene rings is 1. The highest BCUT2D eigenvalue weighted by Crippen LogP contribution is 2.32. The summed E-state index contributed by atoms with van der Waals surface area (Å²) in [6.07, 6.45) is 3.55. The maximum Gasteiger partial charge on any atom is 0.248 e. The number of hydrogen-bond donors (Lipinski definition) is 1. The van der Waals surface area contributed by atoms with Crippen molar-refractivity contribution in [3.05, 3.63) is 35.2 Å². The van der Waals surface area contributed by atoms with Gasteiger partial charge in [0.1, 0.15) is 0 Å². The van der Waals surface area contributed by atoms with Crippen LogP contribution < -0.4 is 5.73 Å². The Balaban J connectivity index is 2.49. The zero-order chi connectivity index (χ0) is 9.97. The fraction of sp³-hybridized carbons (Fsp3) is 0. The quantitative estimate of drug-likeness (QED) is 0.761. The minimum Gasteiger partial charge on any atom is -0.366 e. The molecule has 2 N–H and O–H groups in total. The van der Waals surface area contributed by atoms with E-state index in [2.05, 4.69) is 4.99 Å². The summed E-state index contributed by atoms with van der Waals surface area (Å²) < 4.78 is 0. The molecule has 1 heterocycles. The van der Waals surface area contributed by atoms with Gasteiger partial charge >= 0.3 is 0 Å². The number of nitrogens with two attached hydrogens (primary N) is 1. The van der Waals surface area contributed by atoms with Crippen LogP contribution in [0.1, 0.15) is 10.4 Å². The van der Waals surface area contributed by atoms with Gasteiger partial charge in [0, 0.05) is 16.7 Å². The zero-order valence-electron chi connectivity index (χ0n) is 7.31. The average molecular weight is 204 g/mol. The molecule has 0 saturated carbocycles. The normalized spacial score (nSPS) is 13.4. The number of thioether (sulfide) groups is 1. The van der Waals surface area contributed by atoms with Gasteiger partial charge in [0.2, 0.25) is 5.91 Å². The topological polar surface area (TPSA) is 55.5 Å². The second-order valence-corrected chi connectivity index (χ2v) is 3.72. The van der Waals surface area contributed by atoms with Gasteiger partial charge in [-0.25, -0.2) is 0 Å². The maximum atomic E-state index is 10.9. The summed E-state index contributed by atoms with van der Waals surface area (Å²) in [4.78, 5) is 16.1. The van der Waals surface area contributed by atoms with E-state index in [9.17, 15) is 4.79 Å². The lowest BCUT2D eigenvalue weighted by molar-refractivity contribution is 0.100. The number of amides is 1. The first-order valence-electron chi connectivity index (χ1n) is 4.07. The lowest BCUT2D eigenvalue weighted by Gasteiger charge is -2.02. The Bertz CT molecular complexity index is 438. The second kappa shape index (κ2) is 3.67. The molecule has 14 heavy (non-hydrogen) atoms. The molecule has 2 rings (SSSR count). The molecule has 0 atom stereocenters. The molecule has 1 aliphatic rings. The molecule has 1 aliphatic heterocycles. The number of carbonyl (C=O) groups is 1. The van der Waals surface area contributed by atoms with Crippen LogP contribution >= 0.6 is 11.8 Å². The maximum absolute atomic E-state index is 10.9. The van der Waals surface area contributed by atoms with Crippen molar-refractivity contribution in [1.82, 2.24) is 0 Å². The molecule has 0 unspecified atom stereocenters. The standard InChI is InChI=1S/C10H8N2OS/c11-10(13)7-2-3-9-8(6-7)12-4-1-5-14-9/h1-6H,(H2,11,13). The van der Waals surface area contributed by atoms with Gasteiger partial charge in [0.25, 0.3) is 0 Å². The SMILES string of the molecule is NC(=O)c1ccc2c(c1)N=CC=CS2. The summed E-state index contributed by atoms with van der Waals surface area (Å²) in [5.41, 5.74) is 6.45. The van der Waals surface area contributed by atoms with Crippen molar-refractivity contribution in [1.29, 1.82) is 0 Å². The van der Waals surface area contributed by atoms with Crippen molar-refractivity contribution in [3.8, 4) is 0 Å². The highest BCUT2D eigenvalue weighted by atomic mass is 32.2. The van der Waals surface area contributed by atoms with Crippen LogP contribution in [0.25, 0.3) is 0 Å². The van der Waals surface area contributed by atoms with E-state index in [0.29, 0.717) is 5.56 Å². The summed E-state index contributed by atoms with van der Waals surface area (Å²) in [6.45, 7) is 0. The number of rotatable bonds is 1. The Morgan fingerprint density at radius 2 is 2.29 bits per heavy atom. The van der Waals surface area contributed by atoms with Gasteiger partial charge in [-0.3, -0.25) is 9.79 Å². The number of allylic oxidation sites excluding steroid dienone is 1. The van der Waals surface area contributed by atoms with Crippen LogP contribution in [0.5, 0.6) is 0 Å². The average Bonchev–Trinajstić information content (AvgIpc) is 2.41. The van der Waals surface area contributed by atoms with Crippen molar-refractivity contribution in [2.45, 2.75) is 4.90 Å². The molecule has 0 radical (unpaired) electrons. The molecule has 1 aromatic carbocycles. The molecule has 3 nitrogen and oxygen atoms in total. The summed E-state index contributed by atoms with van der Waals surface area (Å²) in [7, 11) is 0. The van der Waals surface area contributed by atoms with Gasteiger partial charge in [0.15, 0.2) is 0 Å². The lowest BCUT2D eigenvalue weighted by atomic mass is 10.2. The number of nitrogens with zero attached hydrogens (tertiary/aromatic N) is 1. The number of primary amides is 1. The molecule has 4 heteroatoms. The number of fused-ring (bicyclic) bond motifs is 1. The number of aliphatic imine (C=N–C) groups is 1. The predicted octanol–water partition coefficient (Wildman–Crippen LogP) is 2.11. The third kappa shape index (κ3) is 1.70. The first-order valence-corrected chi connectivity index (χ1v) is 4.95. The van der Waals surface area contributed by atoms with Gasteiger partial charge in [-0.1, -0.05) is 11.8 Å². The Labute approximate surface area is 85.7 Å². The molecule has 1 amide bonds. The molecule has 0 fully saturated rings. The van der Waals surface area contributed by atoms with Crippen LogP contribution in [0.15, 0.2) is 39.6 Å². The zero-order valence-corrected chi connectivity index (χ0v) is 8.12. The van der Waals surface area contributed by atoms with Crippen LogP contribution in [-0.2, 0) is 0 Å². The van der Waals surface area contributed by atoms with Crippen molar-refractivity contribution >= 4 is 29.6 Å². The molecular weight excluding hydrogens is 196 g/mol. The van der Waals surface area contributed by atoms with Crippen LogP contribution in [0.3, 0.4) is 0 Å². The number of carbonyl (C=O) groups excluding carboxylic acids is 1. The molecule has 0 aromatic heterocycles. The Kier molecular flexibility index (Phi) is 2.37. The van der Waals surface area contributed by atoms with Gasteiger partial charge in [0.05, 0.1) is 5.69 Å². The smallest absolute Gasteiger partial charge is 0.248 e. The summed E-state index contributed by atoms with van der Waals surface area (Å²) in [5, 5.41) is 1.94. The molecular formula is C10H8N2OS. The van der Waals surface area contributed by atoms with E-state index in [-0.39, 0.29) is 0 Å². The summed E-state index contributed by atoms with van der Waals surface area (Å²) >= 11 is 1.57. The fourth-order valence-electron chi connectivity index (χ4n) is 1.14. The van der Waals surface area contributed by atoms with E-state index in [1.165, 1.54) is 0 Å². The fourth-order valence-corrected chi connectivity index (χ4v) is 1.82. The molecule has 0 spiro atoms. The first kappa shape index (κ1) is 9.02. The second-order valence-electron chi connectivity index (χ2n) is 2.77. The van der Waals surface area contributed by atoms with E-state index in [4.69, 9.17) is 5.73 Å². The molecule has 70 valence electrons. The van der Waals surface area contributed by atoms with Gasteiger partial charge < -0.3 is 5.73 Å². The monoisotopic (exact) mass is 204 g/mol. The Morgan fingerprint density at radius 1 is 1.43 bits per heavy atom.